The van der Waals surface area contributed by atoms with Gasteiger partial charge in [0.05, 0.1) is 11.8 Å². The van der Waals surface area contributed by atoms with Crippen LogP contribution in [0, 0.1) is 12.8 Å². The minimum atomic E-state index is -0.132. The zero-order valence-corrected chi connectivity index (χ0v) is 11.2. The van der Waals surface area contributed by atoms with Crippen LogP contribution in [0.5, 0.6) is 0 Å². The number of aryl methyl sites for hydroxylation is 2. The first kappa shape index (κ1) is 12.9. The van der Waals surface area contributed by atoms with E-state index < -0.39 is 0 Å². The van der Waals surface area contributed by atoms with E-state index in [4.69, 9.17) is 11.6 Å². The molecule has 0 aromatic carbocycles. The topological polar surface area (TPSA) is 50.1 Å². The highest BCUT2D eigenvalue weighted by Crippen LogP contribution is 2.25. The molecule has 96 valence electrons. The van der Waals surface area contributed by atoms with Gasteiger partial charge in [-0.15, -0.1) is 0 Å². The number of aliphatic hydroxyl groups excluding tert-OH is 1. The molecule has 1 fully saturated rings. The molecule has 1 aliphatic rings. The van der Waals surface area contributed by atoms with E-state index in [1.165, 1.54) is 0 Å². The van der Waals surface area contributed by atoms with E-state index in [0.717, 1.165) is 43.6 Å². The van der Waals surface area contributed by atoms with Crippen molar-refractivity contribution in [2.45, 2.75) is 38.8 Å². The van der Waals surface area contributed by atoms with Gasteiger partial charge in [0.25, 0.3) is 0 Å². The van der Waals surface area contributed by atoms with Gasteiger partial charge in [-0.3, -0.25) is 4.68 Å². The number of aromatic nitrogens is 2. The average molecular weight is 258 g/mol. The Kier molecular flexibility index (Phi) is 4.07. The van der Waals surface area contributed by atoms with Gasteiger partial charge in [-0.05, 0) is 25.7 Å². The van der Waals surface area contributed by atoms with Crippen molar-refractivity contribution >= 4 is 11.6 Å². The van der Waals surface area contributed by atoms with Gasteiger partial charge in [-0.2, -0.15) is 5.10 Å². The summed E-state index contributed by atoms with van der Waals surface area (Å²) in [5, 5.41) is 18.1. The fraction of sp³-hybridized carbons (Fsp3) is 0.750. The smallest absolute Gasteiger partial charge is 0.131 e. The first-order chi connectivity index (χ1) is 8.09. The number of halogens is 1. The summed E-state index contributed by atoms with van der Waals surface area (Å²) in [7, 11) is 1.85. The fourth-order valence-electron chi connectivity index (χ4n) is 2.51. The molecule has 2 N–H and O–H groups in total. The van der Waals surface area contributed by atoms with Crippen molar-refractivity contribution in [2.24, 2.45) is 13.0 Å². The third kappa shape index (κ3) is 2.81. The third-order valence-corrected chi connectivity index (χ3v) is 4.07. The van der Waals surface area contributed by atoms with Crippen LogP contribution in [0.15, 0.2) is 0 Å². The number of aliphatic hydroxyl groups is 1. The average Bonchev–Trinajstić information content (AvgIpc) is 2.78. The Morgan fingerprint density at radius 2 is 2.29 bits per heavy atom. The number of nitrogens with one attached hydrogen (secondary N) is 1. The van der Waals surface area contributed by atoms with E-state index in [-0.39, 0.29) is 6.10 Å². The van der Waals surface area contributed by atoms with Crippen molar-refractivity contribution in [3.05, 3.63) is 16.4 Å². The van der Waals surface area contributed by atoms with Gasteiger partial charge in [-0.25, -0.2) is 0 Å². The third-order valence-electron chi connectivity index (χ3n) is 3.60. The van der Waals surface area contributed by atoms with Crippen molar-refractivity contribution in [2.75, 3.05) is 6.54 Å². The van der Waals surface area contributed by atoms with Gasteiger partial charge in [0.15, 0.2) is 0 Å². The molecule has 0 radical (unpaired) electrons. The van der Waals surface area contributed by atoms with Crippen LogP contribution in [-0.4, -0.2) is 27.5 Å². The van der Waals surface area contributed by atoms with Crippen molar-refractivity contribution in [1.82, 2.24) is 15.1 Å². The number of nitrogens with zero attached hydrogens (tertiary/aromatic N) is 2. The Bertz CT molecular complexity index is 391. The molecule has 2 atom stereocenters. The van der Waals surface area contributed by atoms with Gasteiger partial charge in [0.1, 0.15) is 5.15 Å². The van der Waals surface area contributed by atoms with E-state index in [1.807, 2.05) is 14.0 Å². The predicted octanol–water partition coefficient (Wildman–Crippen LogP) is 1.63. The van der Waals surface area contributed by atoms with E-state index in [1.54, 1.807) is 4.68 Å². The van der Waals surface area contributed by atoms with Gasteiger partial charge in [0.2, 0.25) is 0 Å². The molecule has 0 aliphatic heterocycles. The molecular weight excluding hydrogens is 238 g/mol. The van der Waals surface area contributed by atoms with Crippen LogP contribution in [-0.2, 0) is 13.6 Å². The fourth-order valence-corrected chi connectivity index (χ4v) is 2.75. The lowest BCUT2D eigenvalue weighted by Gasteiger charge is -2.14. The molecule has 1 aliphatic carbocycles. The molecule has 2 unspecified atom stereocenters. The second kappa shape index (κ2) is 5.38. The summed E-state index contributed by atoms with van der Waals surface area (Å²) in [6, 6.07) is 0. The first-order valence-corrected chi connectivity index (χ1v) is 6.54. The van der Waals surface area contributed by atoms with Crippen LogP contribution in [0.3, 0.4) is 0 Å². The van der Waals surface area contributed by atoms with Crippen LogP contribution < -0.4 is 5.32 Å². The number of hydrogen-bond acceptors (Lipinski definition) is 3. The molecule has 0 amide bonds. The summed E-state index contributed by atoms with van der Waals surface area (Å²) in [5.41, 5.74) is 2.03. The van der Waals surface area contributed by atoms with Crippen LogP contribution >= 0.6 is 11.6 Å². The molecule has 5 heteroatoms. The van der Waals surface area contributed by atoms with Crippen molar-refractivity contribution in [3.8, 4) is 0 Å². The second-order valence-corrected chi connectivity index (χ2v) is 5.23. The van der Waals surface area contributed by atoms with Gasteiger partial charge < -0.3 is 10.4 Å². The second-order valence-electron chi connectivity index (χ2n) is 4.87. The Balaban J connectivity index is 1.85. The summed E-state index contributed by atoms with van der Waals surface area (Å²) in [6.45, 7) is 3.54. The molecular formula is C12H20ClN3O. The van der Waals surface area contributed by atoms with E-state index in [2.05, 4.69) is 10.4 Å². The molecule has 1 aromatic rings. The zero-order chi connectivity index (χ0) is 12.4. The van der Waals surface area contributed by atoms with Gasteiger partial charge in [0, 0.05) is 25.7 Å². The Morgan fingerprint density at radius 3 is 2.82 bits per heavy atom. The number of hydrogen-bond donors (Lipinski definition) is 2. The standard InChI is InChI=1S/C12H20ClN3O/c1-8-10(12(13)16(2)15-8)7-14-6-9-4-3-5-11(9)17/h9,11,14,17H,3-7H2,1-2H3. The van der Waals surface area contributed by atoms with E-state index >= 15 is 0 Å². The Labute approximate surface area is 107 Å². The quantitative estimate of drug-likeness (QED) is 0.862. The largest absolute Gasteiger partial charge is 0.393 e. The molecule has 0 spiro atoms. The molecule has 1 saturated carbocycles. The van der Waals surface area contributed by atoms with Crippen molar-refractivity contribution < 1.29 is 5.11 Å². The van der Waals surface area contributed by atoms with Crippen LogP contribution in [0.4, 0.5) is 0 Å². The summed E-state index contributed by atoms with van der Waals surface area (Å²) in [4.78, 5) is 0. The molecule has 1 heterocycles. The normalized spacial score (nSPS) is 24.5. The number of rotatable bonds is 4. The summed E-state index contributed by atoms with van der Waals surface area (Å²) >= 11 is 6.15. The first-order valence-electron chi connectivity index (χ1n) is 6.16. The SMILES string of the molecule is Cc1nn(C)c(Cl)c1CNCC1CCCC1O. The maximum Gasteiger partial charge on any atom is 0.131 e. The molecule has 1 aromatic heterocycles. The maximum atomic E-state index is 9.72. The van der Waals surface area contributed by atoms with Crippen molar-refractivity contribution in [1.29, 1.82) is 0 Å². The van der Waals surface area contributed by atoms with E-state index in [0.29, 0.717) is 11.1 Å². The molecule has 0 saturated heterocycles. The van der Waals surface area contributed by atoms with Gasteiger partial charge >= 0.3 is 0 Å². The van der Waals surface area contributed by atoms with Crippen LogP contribution in [0.2, 0.25) is 5.15 Å². The maximum absolute atomic E-state index is 9.72. The summed E-state index contributed by atoms with van der Waals surface area (Å²) < 4.78 is 1.69. The minimum absolute atomic E-state index is 0.132. The van der Waals surface area contributed by atoms with Crippen LogP contribution in [0.25, 0.3) is 0 Å². The lowest BCUT2D eigenvalue weighted by atomic mass is 10.1. The Morgan fingerprint density at radius 1 is 1.53 bits per heavy atom. The summed E-state index contributed by atoms with van der Waals surface area (Å²) in [6.07, 6.45) is 3.07. The van der Waals surface area contributed by atoms with Gasteiger partial charge in [-0.1, -0.05) is 18.0 Å². The molecule has 17 heavy (non-hydrogen) atoms. The Hall–Kier alpha value is -0.580. The van der Waals surface area contributed by atoms with Crippen LogP contribution in [0.1, 0.15) is 30.5 Å². The summed E-state index contributed by atoms with van der Waals surface area (Å²) in [5.74, 6) is 0.394. The predicted molar refractivity (Wildman–Crippen MR) is 68.0 cm³/mol. The lowest BCUT2D eigenvalue weighted by Crippen LogP contribution is -2.27. The van der Waals surface area contributed by atoms with E-state index in [9.17, 15) is 5.11 Å². The highest BCUT2D eigenvalue weighted by atomic mass is 35.5. The molecule has 4 nitrogen and oxygen atoms in total. The highest BCUT2D eigenvalue weighted by Gasteiger charge is 2.24. The lowest BCUT2D eigenvalue weighted by molar-refractivity contribution is 0.131. The molecule has 2 rings (SSSR count). The zero-order valence-electron chi connectivity index (χ0n) is 10.4. The monoisotopic (exact) mass is 257 g/mol. The minimum Gasteiger partial charge on any atom is -0.393 e. The molecule has 0 bridgehead atoms. The van der Waals surface area contributed by atoms with Crippen molar-refractivity contribution in [3.63, 3.8) is 0 Å². The highest BCUT2D eigenvalue weighted by molar-refractivity contribution is 6.30.